The van der Waals surface area contributed by atoms with Gasteiger partial charge in [-0.2, -0.15) is 23.3 Å². The maximum absolute atomic E-state index is 14.0. The first-order valence-corrected chi connectivity index (χ1v) is 26.9. The number of benzene rings is 3. The van der Waals surface area contributed by atoms with Crippen LogP contribution in [-0.4, -0.2) is 119 Å². The number of likely N-dealkylation sites (tertiary alicyclic amines) is 2. The molecule has 3 aliphatic heterocycles. The fourth-order valence-electron chi connectivity index (χ4n) is 9.44. The number of carbonyl (C=O) groups excluding carboxylic acids is 4. The number of ether oxygens (including phenoxy) is 2. The zero-order valence-electron chi connectivity index (χ0n) is 42.3. The van der Waals surface area contributed by atoms with Crippen LogP contribution in [0, 0.1) is 23.7 Å². The number of thiazole rings is 1. The van der Waals surface area contributed by atoms with E-state index >= 15 is 0 Å². The molecule has 0 radical (unpaired) electrons. The number of piperidine rings is 1. The Bertz CT molecular complexity index is 2610. The van der Waals surface area contributed by atoms with Crippen LogP contribution in [0.5, 0.6) is 0 Å². The summed E-state index contributed by atoms with van der Waals surface area (Å²) in [6.07, 6.45) is -2.14. The monoisotopic (exact) mass is 1050 g/mol. The Hall–Kier alpha value is -5.40. The number of halogens is 3. The van der Waals surface area contributed by atoms with Crippen LogP contribution < -0.4 is 20.5 Å². The van der Waals surface area contributed by atoms with E-state index in [-0.39, 0.29) is 43.6 Å². The van der Waals surface area contributed by atoms with Crippen LogP contribution in [0.4, 0.5) is 18.9 Å². The molecule has 4 atom stereocenters. The van der Waals surface area contributed by atoms with Crippen LogP contribution in [0.25, 0.3) is 10.4 Å². The second-order valence-corrected chi connectivity index (χ2v) is 23.9. The van der Waals surface area contributed by atoms with Crippen molar-refractivity contribution in [1.82, 2.24) is 30.2 Å². The number of alkyl halides is 3. The minimum Gasteiger partial charge on any atom is -0.391 e. The molecular weight excluding hydrogens is 982 g/mol. The van der Waals surface area contributed by atoms with Crippen LogP contribution in [0.2, 0.25) is 0 Å². The Morgan fingerprint density at radius 3 is 2.32 bits per heavy atom. The molecule has 3 fully saturated rings. The SMILES string of the molecule is Cc1ncsc1-c1ccc(CNC(=O)[C@@H]2C[C@@H](O)CN2C(=O)[C@@H](NC(=O)COCCCCOCCN2CCC(c3ccc([SH]4NN(c5ccc(C#N)c(C(F)(F)F)c5)C(=O)C4(C)C)cc3)CC2)C(C)(C)C)cc1. The van der Waals surface area contributed by atoms with Gasteiger partial charge in [0.1, 0.15) is 18.7 Å². The number of aliphatic hydroxyl groups is 1. The van der Waals surface area contributed by atoms with Crippen molar-refractivity contribution in [3.63, 3.8) is 0 Å². The quantitative estimate of drug-likeness (QED) is 0.0465. The number of aliphatic hydroxyl groups excluding tert-OH is 1. The fourth-order valence-corrected chi connectivity index (χ4v) is 12.4. The first-order valence-electron chi connectivity index (χ1n) is 24.7. The number of hydrogen-bond donors (Lipinski definition) is 5. The summed E-state index contributed by atoms with van der Waals surface area (Å²) in [5.41, 5.74) is 3.66. The molecule has 1 unspecified atom stereocenters. The summed E-state index contributed by atoms with van der Waals surface area (Å²) >= 11 is 0.261. The molecule has 4 heterocycles. The number of amides is 4. The highest BCUT2D eigenvalue weighted by atomic mass is 32.2. The van der Waals surface area contributed by atoms with Gasteiger partial charge in [-0.3, -0.25) is 19.2 Å². The minimum absolute atomic E-state index is 0.0163. The lowest BCUT2D eigenvalue weighted by atomic mass is 9.85. The zero-order valence-corrected chi connectivity index (χ0v) is 44.0. The van der Waals surface area contributed by atoms with E-state index in [2.05, 4.69) is 37.5 Å². The first-order chi connectivity index (χ1) is 34.6. The molecule has 7 rings (SSSR count). The molecule has 4 amide bonds. The third-order valence-electron chi connectivity index (χ3n) is 13.7. The van der Waals surface area contributed by atoms with Gasteiger partial charge in [-0.15, -0.1) is 22.4 Å². The number of anilines is 1. The second kappa shape index (κ2) is 23.9. The van der Waals surface area contributed by atoms with Crippen LogP contribution in [0.1, 0.15) is 101 Å². The Balaban J connectivity index is 0.770. The van der Waals surface area contributed by atoms with Gasteiger partial charge in [0.25, 0.3) is 5.91 Å². The van der Waals surface area contributed by atoms with Gasteiger partial charge in [0.15, 0.2) is 0 Å². The smallest absolute Gasteiger partial charge is 0.391 e. The van der Waals surface area contributed by atoms with Gasteiger partial charge in [0.05, 0.1) is 56.4 Å². The summed E-state index contributed by atoms with van der Waals surface area (Å²) in [7, 11) is 0. The van der Waals surface area contributed by atoms with E-state index in [0.29, 0.717) is 32.2 Å². The highest BCUT2D eigenvalue weighted by molar-refractivity contribution is 8.17. The number of hydrazine groups is 1. The standard InChI is InChI=1S/C53H67F3N8O7S2/c1-34-46(72-33-59-34)38-11-9-35(10-12-38)30-58-48(67)44-28-41(65)31-63(44)49(68)47(51(2,3)4)60-45(66)32-71-25-8-7-24-70-26-23-62-21-19-37(20-22-62)36-14-17-42(18-15-36)73-52(5,6)50(69)64(61-73)40-16-13-39(29-57)43(27-40)53(54,55)56/h9-18,27,33,37,41,44,47,61,65,73H,7-8,19-26,28,30-32H2,1-6H3,(H,58,67)(H,60,66)/t41-,44+,47-/m1/s1. The van der Waals surface area contributed by atoms with Crippen LogP contribution >= 0.6 is 22.4 Å². The number of nitriles is 1. The van der Waals surface area contributed by atoms with Gasteiger partial charge in [-0.25, -0.2) is 9.99 Å². The maximum Gasteiger partial charge on any atom is 0.417 e. The normalized spacial score (nSPS) is 20.5. The Kier molecular flexibility index (Phi) is 18.1. The average Bonchev–Trinajstić information content (AvgIpc) is 4.05. The van der Waals surface area contributed by atoms with Crippen LogP contribution in [0.15, 0.2) is 77.1 Å². The van der Waals surface area contributed by atoms with Crippen LogP contribution in [-0.2, 0) is 41.4 Å². The third-order valence-corrected chi connectivity index (χ3v) is 17.2. The second-order valence-electron chi connectivity index (χ2n) is 20.5. The van der Waals surface area contributed by atoms with E-state index in [1.54, 1.807) is 31.3 Å². The Morgan fingerprint density at radius 1 is 1.00 bits per heavy atom. The van der Waals surface area contributed by atoms with Crippen molar-refractivity contribution in [2.24, 2.45) is 5.41 Å². The molecule has 73 heavy (non-hydrogen) atoms. The molecule has 4 N–H and O–H groups in total. The molecule has 20 heteroatoms. The summed E-state index contributed by atoms with van der Waals surface area (Å²) in [4.78, 5) is 67.3. The van der Waals surface area contributed by atoms with Gasteiger partial charge < -0.3 is 35.0 Å². The van der Waals surface area contributed by atoms with E-state index in [4.69, 9.17) is 9.47 Å². The number of hydrogen-bond acceptors (Lipinski definition) is 12. The largest absolute Gasteiger partial charge is 0.417 e. The number of carbonyl (C=O) groups is 4. The highest BCUT2D eigenvalue weighted by Gasteiger charge is 2.48. The van der Waals surface area contributed by atoms with Crippen molar-refractivity contribution in [2.75, 3.05) is 57.6 Å². The number of aromatic nitrogens is 1. The predicted octanol–water partition coefficient (Wildman–Crippen LogP) is 7.42. The number of β-amino-alcohol motifs (C(OH)–C–C–N with tert-alkyl or cyclic N) is 1. The van der Waals surface area contributed by atoms with Crippen molar-refractivity contribution in [2.45, 2.75) is 120 Å². The molecule has 15 nitrogen and oxygen atoms in total. The summed E-state index contributed by atoms with van der Waals surface area (Å²) < 4.78 is 51.8. The molecule has 0 saturated carbocycles. The molecular formula is C53H67F3N8O7S2. The zero-order chi connectivity index (χ0) is 52.7. The van der Waals surface area contributed by atoms with E-state index in [1.165, 1.54) is 21.5 Å². The summed E-state index contributed by atoms with van der Waals surface area (Å²) in [5.74, 6) is -1.23. The molecule has 0 spiro atoms. The number of unbranched alkanes of at least 4 members (excludes halogenated alkanes) is 1. The molecule has 4 aromatic rings. The number of nitrogens with one attached hydrogen (secondary N) is 3. The number of aryl methyl sites for hydroxylation is 1. The highest BCUT2D eigenvalue weighted by Crippen LogP contribution is 2.52. The van der Waals surface area contributed by atoms with Crippen molar-refractivity contribution in [3.05, 3.63) is 100 Å². The third kappa shape index (κ3) is 13.7. The van der Waals surface area contributed by atoms with Crippen molar-refractivity contribution in [1.29, 1.82) is 5.26 Å². The summed E-state index contributed by atoms with van der Waals surface area (Å²) in [5, 5.41) is 26.7. The van der Waals surface area contributed by atoms with E-state index < -0.39 is 68.5 Å². The molecule has 3 aromatic carbocycles. The van der Waals surface area contributed by atoms with E-state index in [9.17, 15) is 42.7 Å². The molecule has 0 bridgehead atoms. The van der Waals surface area contributed by atoms with Gasteiger partial charge >= 0.3 is 6.18 Å². The Morgan fingerprint density at radius 2 is 1.68 bits per heavy atom. The van der Waals surface area contributed by atoms with Crippen molar-refractivity contribution < 1.29 is 46.9 Å². The minimum atomic E-state index is -4.74. The lowest BCUT2D eigenvalue weighted by Gasteiger charge is -2.35. The number of thiol groups is 1. The first kappa shape index (κ1) is 55.4. The molecule has 394 valence electrons. The van der Waals surface area contributed by atoms with E-state index in [1.807, 2.05) is 69.6 Å². The summed E-state index contributed by atoms with van der Waals surface area (Å²) in [6, 6.07) is 19.1. The van der Waals surface area contributed by atoms with Gasteiger partial charge in [-0.05, 0) is 118 Å². The number of nitrogens with zero attached hydrogens (tertiary/aromatic N) is 5. The fraction of sp³-hybridized carbons (Fsp3) is 0.509. The Labute approximate surface area is 432 Å². The topological polar surface area (TPSA) is 189 Å². The average molecular weight is 1050 g/mol. The molecule has 3 saturated heterocycles. The molecule has 0 aliphatic carbocycles. The lowest BCUT2D eigenvalue weighted by Crippen LogP contribution is -2.58. The van der Waals surface area contributed by atoms with Gasteiger partial charge in [-0.1, -0.05) is 57.2 Å². The molecule has 1 aromatic heterocycles. The van der Waals surface area contributed by atoms with E-state index in [0.717, 1.165) is 77.6 Å². The van der Waals surface area contributed by atoms with Crippen molar-refractivity contribution in [3.8, 4) is 16.5 Å². The molecule has 3 aliphatic rings. The van der Waals surface area contributed by atoms with Crippen molar-refractivity contribution >= 4 is 51.7 Å². The summed E-state index contributed by atoms with van der Waals surface area (Å²) in [6.45, 7) is 15.2. The van der Waals surface area contributed by atoms with Crippen LogP contribution in [0.3, 0.4) is 0 Å². The van der Waals surface area contributed by atoms with Gasteiger partial charge in [0.2, 0.25) is 17.7 Å². The predicted molar refractivity (Wildman–Crippen MR) is 275 cm³/mol. The number of rotatable bonds is 19. The van der Waals surface area contributed by atoms with Gasteiger partial charge in [0, 0.05) is 44.2 Å². The maximum atomic E-state index is 14.0. The lowest BCUT2D eigenvalue weighted by molar-refractivity contribution is -0.144.